The average Bonchev–Trinajstić information content (AvgIpc) is 2.78. The SMILES string of the molecule is CC(C)(C)OC(=O)N1CCC(NC(=O)CCc2ccc(S(=O)(=O)N3CCOCC3)cc2)CC1. The van der Waals surface area contributed by atoms with Crippen molar-refractivity contribution in [2.45, 2.75) is 63.0 Å². The number of likely N-dealkylation sites (tertiary alicyclic amines) is 1. The van der Waals surface area contributed by atoms with E-state index in [0.29, 0.717) is 65.1 Å². The first kappa shape index (κ1) is 25.5. The Morgan fingerprint density at radius 3 is 2.24 bits per heavy atom. The lowest BCUT2D eigenvalue weighted by atomic mass is 10.0. The fourth-order valence-corrected chi connectivity index (χ4v) is 5.26. The summed E-state index contributed by atoms with van der Waals surface area (Å²) < 4.78 is 37.4. The molecule has 0 bridgehead atoms. The third-order valence-corrected chi connectivity index (χ3v) is 7.60. The summed E-state index contributed by atoms with van der Waals surface area (Å²) in [6, 6.07) is 6.77. The minimum atomic E-state index is -3.51. The Bertz CT molecular complexity index is 913. The number of hydrogen-bond donors (Lipinski definition) is 1. The fraction of sp³-hybridized carbons (Fsp3) is 0.652. The third-order valence-electron chi connectivity index (χ3n) is 5.68. The van der Waals surface area contributed by atoms with Gasteiger partial charge in [-0.15, -0.1) is 0 Å². The molecule has 1 aromatic rings. The summed E-state index contributed by atoms with van der Waals surface area (Å²) in [6.07, 6.45) is 1.92. The molecule has 0 aliphatic carbocycles. The van der Waals surface area contributed by atoms with Gasteiger partial charge in [0.2, 0.25) is 15.9 Å². The van der Waals surface area contributed by atoms with Gasteiger partial charge >= 0.3 is 6.09 Å². The van der Waals surface area contributed by atoms with Crippen molar-refractivity contribution < 1.29 is 27.5 Å². The largest absolute Gasteiger partial charge is 0.444 e. The molecule has 0 atom stereocenters. The molecule has 0 saturated carbocycles. The highest BCUT2D eigenvalue weighted by atomic mass is 32.2. The Morgan fingerprint density at radius 2 is 1.67 bits per heavy atom. The molecule has 10 heteroatoms. The van der Waals surface area contributed by atoms with Crippen LogP contribution in [0.3, 0.4) is 0 Å². The van der Waals surface area contributed by atoms with E-state index in [-0.39, 0.29) is 22.9 Å². The van der Waals surface area contributed by atoms with Crippen LogP contribution < -0.4 is 5.32 Å². The Kier molecular flexibility index (Phi) is 8.36. The van der Waals surface area contributed by atoms with E-state index in [0.717, 1.165) is 5.56 Å². The van der Waals surface area contributed by atoms with E-state index < -0.39 is 15.6 Å². The van der Waals surface area contributed by atoms with Crippen LogP contribution in [-0.2, 0) is 30.7 Å². The van der Waals surface area contributed by atoms with E-state index in [1.807, 2.05) is 20.8 Å². The van der Waals surface area contributed by atoms with Crippen molar-refractivity contribution in [1.29, 1.82) is 0 Å². The van der Waals surface area contributed by atoms with Crippen LogP contribution in [0.2, 0.25) is 0 Å². The molecule has 184 valence electrons. The number of piperidine rings is 1. The zero-order valence-electron chi connectivity index (χ0n) is 19.7. The van der Waals surface area contributed by atoms with E-state index in [4.69, 9.17) is 9.47 Å². The molecule has 2 saturated heterocycles. The van der Waals surface area contributed by atoms with Crippen LogP contribution in [0.25, 0.3) is 0 Å². The summed E-state index contributed by atoms with van der Waals surface area (Å²) in [7, 11) is -3.51. The molecular formula is C23H35N3O6S. The molecule has 0 aromatic heterocycles. The molecule has 0 radical (unpaired) electrons. The first-order valence-electron chi connectivity index (χ1n) is 11.5. The molecule has 2 aliphatic heterocycles. The van der Waals surface area contributed by atoms with Gasteiger partial charge in [0.1, 0.15) is 5.60 Å². The molecule has 33 heavy (non-hydrogen) atoms. The predicted molar refractivity (Wildman–Crippen MR) is 123 cm³/mol. The van der Waals surface area contributed by atoms with E-state index in [1.54, 1.807) is 29.2 Å². The van der Waals surface area contributed by atoms with Crippen molar-refractivity contribution in [3.8, 4) is 0 Å². The van der Waals surface area contributed by atoms with Crippen molar-refractivity contribution in [2.24, 2.45) is 0 Å². The standard InChI is InChI=1S/C23H35N3O6S/c1-23(2,3)32-22(28)25-12-10-19(11-13-25)24-21(27)9-6-18-4-7-20(8-5-18)33(29,30)26-14-16-31-17-15-26/h4-5,7-8,19H,6,9-17H2,1-3H3,(H,24,27). The Labute approximate surface area is 196 Å². The number of ether oxygens (including phenoxy) is 2. The van der Waals surface area contributed by atoms with Crippen molar-refractivity contribution in [3.05, 3.63) is 29.8 Å². The van der Waals surface area contributed by atoms with Crippen molar-refractivity contribution in [3.63, 3.8) is 0 Å². The lowest BCUT2D eigenvalue weighted by molar-refractivity contribution is -0.122. The van der Waals surface area contributed by atoms with Gasteiger partial charge in [-0.2, -0.15) is 4.31 Å². The van der Waals surface area contributed by atoms with E-state index in [2.05, 4.69) is 5.32 Å². The molecule has 3 rings (SSSR count). The van der Waals surface area contributed by atoms with Crippen LogP contribution in [0.1, 0.15) is 45.6 Å². The molecule has 1 N–H and O–H groups in total. The number of amides is 2. The van der Waals surface area contributed by atoms with Gasteiger partial charge in [-0.05, 0) is 57.7 Å². The van der Waals surface area contributed by atoms with Crippen LogP contribution in [0.5, 0.6) is 0 Å². The molecule has 1 aromatic carbocycles. The summed E-state index contributed by atoms with van der Waals surface area (Å²) in [5.41, 5.74) is 0.387. The second-order valence-electron chi connectivity index (χ2n) is 9.47. The monoisotopic (exact) mass is 481 g/mol. The topological polar surface area (TPSA) is 105 Å². The maximum Gasteiger partial charge on any atom is 0.410 e. The zero-order chi connectivity index (χ0) is 24.1. The minimum Gasteiger partial charge on any atom is -0.444 e. The van der Waals surface area contributed by atoms with E-state index in [1.165, 1.54) is 4.31 Å². The normalized spacial score (nSPS) is 18.7. The molecule has 2 heterocycles. The van der Waals surface area contributed by atoms with Crippen LogP contribution in [0, 0.1) is 0 Å². The predicted octanol–water partition coefficient (Wildman–Crippen LogP) is 2.16. The maximum absolute atomic E-state index is 12.7. The highest BCUT2D eigenvalue weighted by Crippen LogP contribution is 2.19. The summed E-state index contributed by atoms with van der Waals surface area (Å²) >= 11 is 0. The second-order valence-corrected chi connectivity index (χ2v) is 11.4. The van der Waals surface area contributed by atoms with E-state index >= 15 is 0 Å². The number of carbonyl (C=O) groups excluding carboxylic acids is 2. The summed E-state index contributed by atoms with van der Waals surface area (Å²) in [5.74, 6) is -0.0456. The fourth-order valence-electron chi connectivity index (χ4n) is 3.85. The molecular weight excluding hydrogens is 446 g/mol. The van der Waals surface area contributed by atoms with Gasteiger partial charge in [0.25, 0.3) is 0 Å². The van der Waals surface area contributed by atoms with Crippen molar-refractivity contribution in [2.75, 3.05) is 39.4 Å². The van der Waals surface area contributed by atoms with Gasteiger partial charge in [-0.1, -0.05) is 12.1 Å². The summed E-state index contributed by atoms with van der Waals surface area (Å²) in [5, 5.41) is 3.04. The number of hydrogen-bond acceptors (Lipinski definition) is 6. The number of nitrogens with zero attached hydrogens (tertiary/aromatic N) is 2. The number of sulfonamides is 1. The minimum absolute atomic E-state index is 0.0391. The van der Waals surface area contributed by atoms with Crippen LogP contribution in [0.15, 0.2) is 29.2 Å². The van der Waals surface area contributed by atoms with Gasteiger partial charge in [-0.25, -0.2) is 13.2 Å². The molecule has 2 aliphatic rings. The lowest BCUT2D eigenvalue weighted by Gasteiger charge is -2.33. The summed E-state index contributed by atoms with van der Waals surface area (Å²) in [6.45, 7) is 8.18. The Hall–Kier alpha value is -2.17. The Balaban J connectivity index is 1.42. The highest BCUT2D eigenvalue weighted by molar-refractivity contribution is 7.89. The quantitative estimate of drug-likeness (QED) is 0.668. The van der Waals surface area contributed by atoms with Crippen molar-refractivity contribution in [1.82, 2.24) is 14.5 Å². The first-order chi connectivity index (χ1) is 15.5. The van der Waals surface area contributed by atoms with Gasteiger partial charge in [0, 0.05) is 38.6 Å². The van der Waals surface area contributed by atoms with Crippen LogP contribution in [0.4, 0.5) is 4.79 Å². The third kappa shape index (κ3) is 7.41. The number of morpholine rings is 1. The maximum atomic E-state index is 12.7. The molecule has 2 fully saturated rings. The number of rotatable bonds is 6. The number of carbonyl (C=O) groups is 2. The van der Waals surface area contributed by atoms with Gasteiger partial charge < -0.3 is 19.7 Å². The van der Waals surface area contributed by atoms with Crippen LogP contribution >= 0.6 is 0 Å². The molecule has 0 unspecified atom stereocenters. The number of aryl methyl sites for hydroxylation is 1. The molecule has 9 nitrogen and oxygen atoms in total. The van der Waals surface area contributed by atoms with Crippen LogP contribution in [-0.4, -0.2) is 80.7 Å². The second kappa shape index (κ2) is 10.8. The van der Waals surface area contributed by atoms with Gasteiger partial charge in [0.15, 0.2) is 0 Å². The average molecular weight is 482 g/mol. The smallest absolute Gasteiger partial charge is 0.410 e. The number of benzene rings is 1. The Morgan fingerprint density at radius 1 is 1.06 bits per heavy atom. The first-order valence-corrected chi connectivity index (χ1v) is 12.9. The van der Waals surface area contributed by atoms with Crippen molar-refractivity contribution >= 4 is 22.0 Å². The lowest BCUT2D eigenvalue weighted by Crippen LogP contribution is -2.47. The highest BCUT2D eigenvalue weighted by Gasteiger charge is 2.28. The summed E-state index contributed by atoms with van der Waals surface area (Å²) in [4.78, 5) is 26.5. The van der Waals surface area contributed by atoms with E-state index in [9.17, 15) is 18.0 Å². The molecule has 2 amide bonds. The van der Waals surface area contributed by atoms with Gasteiger partial charge in [0.05, 0.1) is 18.1 Å². The number of nitrogens with one attached hydrogen (secondary N) is 1. The van der Waals surface area contributed by atoms with Gasteiger partial charge in [-0.3, -0.25) is 4.79 Å². The molecule has 0 spiro atoms. The zero-order valence-corrected chi connectivity index (χ0v) is 20.5.